The number of aromatic hydroxyl groups is 1. The Morgan fingerprint density at radius 1 is 0.976 bits per heavy atom. The minimum atomic E-state index is -0.819. The first-order chi connectivity index (χ1) is 20.1. The van der Waals surface area contributed by atoms with Crippen LogP contribution >= 0.6 is 11.6 Å². The summed E-state index contributed by atoms with van der Waals surface area (Å²) in [4.78, 5) is 46.7. The van der Waals surface area contributed by atoms with Crippen molar-refractivity contribution < 1.29 is 19.5 Å². The number of phenolic OH excluding ortho intramolecular Hbond substituents is 1. The largest absolute Gasteiger partial charge is 0.508 e. The number of halogens is 1. The van der Waals surface area contributed by atoms with Crippen LogP contribution < -0.4 is 4.90 Å². The van der Waals surface area contributed by atoms with E-state index in [0.717, 1.165) is 22.4 Å². The number of para-hydroxylation sites is 1. The van der Waals surface area contributed by atoms with Crippen molar-refractivity contribution in [2.75, 3.05) is 39.1 Å². The van der Waals surface area contributed by atoms with E-state index < -0.39 is 12.2 Å². The molecule has 2 aliphatic rings. The highest BCUT2D eigenvalue weighted by molar-refractivity contribution is 6.33. The SMILES string of the molecule is CN(C)c1c(Cl)cccc1CN1CC2N(C(=O)CN(C)N2C(=O)CCc2ccccc2)[C@@H](Cc2ccc(O)cc2)C1=O. The van der Waals surface area contributed by atoms with Gasteiger partial charge in [-0.15, -0.1) is 0 Å². The molecule has 2 fully saturated rings. The van der Waals surface area contributed by atoms with Gasteiger partial charge in [0.05, 0.1) is 23.8 Å². The van der Waals surface area contributed by atoms with E-state index in [-0.39, 0.29) is 55.9 Å². The van der Waals surface area contributed by atoms with Crippen molar-refractivity contribution in [3.05, 3.63) is 94.5 Å². The Kier molecular flexibility index (Phi) is 8.70. The van der Waals surface area contributed by atoms with E-state index in [1.165, 1.54) is 0 Å². The van der Waals surface area contributed by atoms with Gasteiger partial charge in [0.15, 0.2) is 0 Å². The summed E-state index contributed by atoms with van der Waals surface area (Å²) < 4.78 is 0. The van der Waals surface area contributed by atoms with E-state index in [4.69, 9.17) is 11.6 Å². The smallest absolute Gasteiger partial charge is 0.246 e. The molecule has 9 nitrogen and oxygen atoms in total. The number of aryl methyl sites for hydroxylation is 1. The summed E-state index contributed by atoms with van der Waals surface area (Å²) in [5, 5.41) is 13.7. The molecule has 0 spiro atoms. The van der Waals surface area contributed by atoms with Gasteiger partial charge in [0.1, 0.15) is 18.0 Å². The molecule has 1 N–H and O–H groups in total. The number of carbonyl (C=O) groups excluding carboxylic acids is 3. The monoisotopic (exact) mass is 589 g/mol. The first-order valence-corrected chi connectivity index (χ1v) is 14.4. The molecule has 0 aromatic heterocycles. The molecule has 0 bridgehead atoms. The zero-order valence-corrected chi connectivity index (χ0v) is 24.9. The van der Waals surface area contributed by atoms with Crippen molar-refractivity contribution in [3.8, 4) is 5.75 Å². The number of hydrogen-bond acceptors (Lipinski definition) is 6. The van der Waals surface area contributed by atoms with Crippen LogP contribution in [0.2, 0.25) is 5.02 Å². The van der Waals surface area contributed by atoms with Gasteiger partial charge in [0.25, 0.3) is 0 Å². The molecule has 2 atom stereocenters. The number of likely N-dealkylation sites (N-methyl/N-ethyl adjacent to an activating group) is 1. The molecule has 0 radical (unpaired) electrons. The second-order valence-corrected chi connectivity index (χ2v) is 11.5. The van der Waals surface area contributed by atoms with Crippen LogP contribution in [0.1, 0.15) is 23.1 Å². The molecule has 1 unspecified atom stereocenters. The quantitative estimate of drug-likeness (QED) is 0.433. The van der Waals surface area contributed by atoms with Crippen LogP contribution in [-0.2, 0) is 33.8 Å². The first kappa shape index (κ1) is 29.4. The Labute approximate surface area is 251 Å². The fourth-order valence-corrected chi connectivity index (χ4v) is 6.34. The molecule has 3 aromatic rings. The Hall–Kier alpha value is -4.08. The molecule has 3 aromatic carbocycles. The second-order valence-electron chi connectivity index (χ2n) is 11.1. The summed E-state index contributed by atoms with van der Waals surface area (Å²) in [6, 6.07) is 21.3. The lowest BCUT2D eigenvalue weighted by Crippen LogP contribution is -2.75. The highest BCUT2D eigenvalue weighted by Gasteiger charge is 2.50. The summed E-state index contributed by atoms with van der Waals surface area (Å²) >= 11 is 6.55. The van der Waals surface area contributed by atoms with Crippen molar-refractivity contribution >= 4 is 35.0 Å². The van der Waals surface area contributed by atoms with E-state index in [2.05, 4.69) is 0 Å². The lowest BCUT2D eigenvalue weighted by molar-refractivity contribution is -0.202. The molecular formula is C32H36ClN5O4. The van der Waals surface area contributed by atoms with Crippen LogP contribution in [0.15, 0.2) is 72.8 Å². The van der Waals surface area contributed by atoms with E-state index in [9.17, 15) is 19.5 Å². The van der Waals surface area contributed by atoms with Crippen molar-refractivity contribution in [2.45, 2.75) is 38.0 Å². The topological polar surface area (TPSA) is 87.6 Å². The fraction of sp³-hybridized carbons (Fsp3) is 0.344. The summed E-state index contributed by atoms with van der Waals surface area (Å²) in [6.07, 6.45) is 0.423. The number of hydrazine groups is 1. The van der Waals surface area contributed by atoms with Crippen molar-refractivity contribution in [1.82, 2.24) is 19.8 Å². The molecule has 42 heavy (non-hydrogen) atoms. The van der Waals surface area contributed by atoms with Gasteiger partial charge in [-0.3, -0.25) is 19.4 Å². The first-order valence-electron chi connectivity index (χ1n) is 14.0. The fourth-order valence-electron chi connectivity index (χ4n) is 5.97. The van der Waals surface area contributed by atoms with Crippen molar-refractivity contribution in [1.29, 1.82) is 0 Å². The Morgan fingerprint density at radius 2 is 1.69 bits per heavy atom. The molecule has 220 valence electrons. The molecule has 5 rings (SSSR count). The number of nitrogens with zero attached hydrogens (tertiary/aromatic N) is 5. The summed E-state index contributed by atoms with van der Waals surface area (Å²) in [5.74, 6) is -0.392. The van der Waals surface area contributed by atoms with Gasteiger partial charge in [-0.05, 0) is 41.3 Å². The average Bonchev–Trinajstić information content (AvgIpc) is 2.95. The molecule has 0 saturated carbocycles. The zero-order valence-electron chi connectivity index (χ0n) is 24.1. The van der Waals surface area contributed by atoms with Crippen LogP contribution in [-0.4, -0.2) is 89.1 Å². The van der Waals surface area contributed by atoms with Gasteiger partial charge in [-0.2, -0.15) is 0 Å². The third-order valence-electron chi connectivity index (χ3n) is 7.91. The summed E-state index contributed by atoms with van der Waals surface area (Å²) in [7, 11) is 5.55. The minimum Gasteiger partial charge on any atom is -0.508 e. The minimum absolute atomic E-state index is 0.00793. The van der Waals surface area contributed by atoms with Crippen LogP contribution in [0.25, 0.3) is 0 Å². The number of anilines is 1. The zero-order chi connectivity index (χ0) is 30.0. The maximum atomic E-state index is 14.2. The molecule has 2 aliphatic heterocycles. The standard InChI is InChI=1S/C32H36ClN5O4/c1-34(2)31-24(10-7-11-26(31)33)19-36-20-28-37(27(32(36)42)18-23-12-15-25(39)16-13-23)30(41)21-35(3)38(28)29(40)17-14-22-8-5-4-6-9-22/h4-13,15-16,27-28,39H,14,17-21H2,1-3H3/t27-,28?/m0/s1. The van der Waals surface area contributed by atoms with E-state index >= 15 is 0 Å². The lowest BCUT2D eigenvalue weighted by atomic mass is 9.98. The van der Waals surface area contributed by atoms with Crippen LogP contribution in [0.5, 0.6) is 5.75 Å². The number of phenols is 1. The van der Waals surface area contributed by atoms with E-state index in [1.54, 1.807) is 51.1 Å². The molecule has 10 heteroatoms. The predicted molar refractivity (Wildman–Crippen MR) is 162 cm³/mol. The number of piperazine rings is 1. The third kappa shape index (κ3) is 6.07. The molecular weight excluding hydrogens is 554 g/mol. The number of rotatable bonds is 8. The number of fused-ring (bicyclic) bond motifs is 1. The second kappa shape index (κ2) is 12.4. The normalized spacial score (nSPS) is 19.2. The Morgan fingerprint density at radius 3 is 2.38 bits per heavy atom. The van der Waals surface area contributed by atoms with E-state index in [0.29, 0.717) is 11.4 Å². The van der Waals surface area contributed by atoms with Crippen LogP contribution in [0, 0.1) is 0 Å². The molecule has 0 aliphatic carbocycles. The Balaban J connectivity index is 1.49. The van der Waals surface area contributed by atoms with Gasteiger partial charge in [-0.1, -0.05) is 66.2 Å². The van der Waals surface area contributed by atoms with Gasteiger partial charge < -0.3 is 19.8 Å². The molecule has 3 amide bonds. The van der Waals surface area contributed by atoms with Gasteiger partial charge in [-0.25, -0.2) is 5.01 Å². The van der Waals surface area contributed by atoms with Gasteiger partial charge >= 0.3 is 0 Å². The number of benzene rings is 3. The summed E-state index contributed by atoms with van der Waals surface area (Å²) in [6.45, 7) is 0.427. The Bertz CT molecular complexity index is 1450. The van der Waals surface area contributed by atoms with Crippen LogP contribution in [0.4, 0.5) is 5.69 Å². The van der Waals surface area contributed by atoms with Crippen molar-refractivity contribution in [2.24, 2.45) is 0 Å². The highest BCUT2D eigenvalue weighted by atomic mass is 35.5. The number of carbonyl (C=O) groups is 3. The lowest BCUT2D eigenvalue weighted by Gasteiger charge is -2.54. The molecule has 2 saturated heterocycles. The van der Waals surface area contributed by atoms with Gasteiger partial charge in [0, 0.05) is 40.5 Å². The summed E-state index contributed by atoms with van der Waals surface area (Å²) in [5.41, 5.74) is 3.55. The third-order valence-corrected chi connectivity index (χ3v) is 8.21. The van der Waals surface area contributed by atoms with E-state index in [1.807, 2.05) is 67.5 Å². The number of amides is 3. The maximum Gasteiger partial charge on any atom is 0.246 e. The van der Waals surface area contributed by atoms with Gasteiger partial charge in [0.2, 0.25) is 17.7 Å². The highest BCUT2D eigenvalue weighted by Crippen LogP contribution is 2.33. The maximum absolute atomic E-state index is 14.2. The average molecular weight is 590 g/mol. The van der Waals surface area contributed by atoms with Crippen molar-refractivity contribution in [3.63, 3.8) is 0 Å². The molecule has 2 heterocycles. The number of hydrogen-bond donors (Lipinski definition) is 1. The van der Waals surface area contributed by atoms with Crippen LogP contribution in [0.3, 0.4) is 0 Å². The predicted octanol–water partition coefficient (Wildman–Crippen LogP) is 3.54.